The van der Waals surface area contributed by atoms with Crippen LogP contribution >= 0.6 is 0 Å². The molecule has 1 saturated heterocycles. The van der Waals surface area contributed by atoms with Gasteiger partial charge in [0.25, 0.3) is 0 Å². The van der Waals surface area contributed by atoms with Gasteiger partial charge in [-0.15, -0.1) is 0 Å². The van der Waals surface area contributed by atoms with Crippen molar-refractivity contribution in [3.8, 4) is 0 Å². The van der Waals surface area contributed by atoms with Crippen LogP contribution in [0.25, 0.3) is 0 Å². The minimum absolute atomic E-state index is 0.0937. The maximum Gasteiger partial charge on any atom is 0.227 e. The van der Waals surface area contributed by atoms with Gasteiger partial charge in [-0.25, -0.2) is 9.37 Å². The minimum atomic E-state index is -1.30. The predicted molar refractivity (Wildman–Crippen MR) is 58.8 cm³/mol. The van der Waals surface area contributed by atoms with E-state index < -0.39 is 11.8 Å². The number of rotatable bonds is 1. The summed E-state index contributed by atoms with van der Waals surface area (Å²) in [4.78, 5) is 9.75. The third-order valence-electron chi connectivity index (χ3n) is 2.89. The highest BCUT2D eigenvalue weighted by molar-refractivity contribution is 5.38. The molecule has 88 valence electrons. The SMILES string of the molecule is C[C@]1(O)CCN(c2nccc(N)n2)C[C@H]1F. The quantitative estimate of drug-likeness (QED) is 0.723. The normalized spacial score (nSPS) is 30.4. The Balaban J connectivity index is 2.14. The van der Waals surface area contributed by atoms with Gasteiger partial charge in [0.2, 0.25) is 5.95 Å². The summed E-state index contributed by atoms with van der Waals surface area (Å²) in [6.45, 7) is 2.13. The third kappa shape index (κ3) is 2.06. The van der Waals surface area contributed by atoms with Crippen LogP contribution in [0.3, 0.4) is 0 Å². The van der Waals surface area contributed by atoms with Crippen molar-refractivity contribution in [3.63, 3.8) is 0 Å². The molecule has 2 heterocycles. The first-order valence-electron chi connectivity index (χ1n) is 5.19. The molecule has 3 N–H and O–H groups in total. The predicted octanol–water partition coefficient (Wildman–Crippen LogP) is 0.358. The largest absolute Gasteiger partial charge is 0.387 e. The lowest BCUT2D eigenvalue weighted by atomic mass is 9.92. The molecule has 0 aliphatic carbocycles. The Morgan fingerprint density at radius 3 is 3.06 bits per heavy atom. The van der Waals surface area contributed by atoms with Crippen molar-refractivity contribution >= 4 is 11.8 Å². The van der Waals surface area contributed by atoms with Gasteiger partial charge in [-0.1, -0.05) is 0 Å². The van der Waals surface area contributed by atoms with Crippen molar-refractivity contribution in [1.82, 2.24) is 9.97 Å². The summed E-state index contributed by atoms with van der Waals surface area (Å²) in [5.74, 6) is 0.774. The molecule has 1 aromatic rings. The zero-order valence-corrected chi connectivity index (χ0v) is 9.10. The smallest absolute Gasteiger partial charge is 0.227 e. The molecule has 0 radical (unpaired) electrons. The Labute approximate surface area is 93.1 Å². The second-order valence-electron chi connectivity index (χ2n) is 4.30. The lowest BCUT2D eigenvalue weighted by molar-refractivity contribution is -0.0332. The van der Waals surface area contributed by atoms with Crippen LogP contribution in [-0.4, -0.2) is 39.9 Å². The summed E-state index contributed by atoms with van der Waals surface area (Å²) in [6.07, 6.45) is 0.593. The number of nitrogens with zero attached hydrogens (tertiary/aromatic N) is 3. The number of aromatic nitrogens is 2. The lowest BCUT2D eigenvalue weighted by Gasteiger charge is -2.38. The van der Waals surface area contributed by atoms with E-state index >= 15 is 0 Å². The van der Waals surface area contributed by atoms with Crippen molar-refractivity contribution in [2.45, 2.75) is 25.1 Å². The van der Waals surface area contributed by atoms with E-state index in [4.69, 9.17) is 5.73 Å². The monoisotopic (exact) mass is 226 g/mol. The fourth-order valence-corrected chi connectivity index (χ4v) is 1.70. The van der Waals surface area contributed by atoms with Gasteiger partial charge in [0.05, 0.1) is 12.1 Å². The van der Waals surface area contributed by atoms with E-state index in [9.17, 15) is 9.50 Å². The molecule has 0 spiro atoms. The zero-order valence-electron chi connectivity index (χ0n) is 9.10. The van der Waals surface area contributed by atoms with Crippen molar-refractivity contribution in [1.29, 1.82) is 0 Å². The summed E-state index contributed by atoms with van der Waals surface area (Å²) in [5, 5.41) is 9.70. The summed E-state index contributed by atoms with van der Waals surface area (Å²) >= 11 is 0. The third-order valence-corrected chi connectivity index (χ3v) is 2.89. The lowest BCUT2D eigenvalue weighted by Crippen LogP contribution is -2.52. The molecule has 2 rings (SSSR count). The molecule has 2 atom stereocenters. The molecule has 0 saturated carbocycles. The number of nitrogen functional groups attached to an aromatic ring is 1. The van der Waals surface area contributed by atoms with Gasteiger partial charge in [0, 0.05) is 12.7 Å². The molecule has 0 unspecified atom stereocenters. The van der Waals surface area contributed by atoms with Crippen molar-refractivity contribution < 1.29 is 9.50 Å². The molecule has 6 heteroatoms. The molecule has 0 amide bonds. The first-order chi connectivity index (χ1) is 7.49. The van der Waals surface area contributed by atoms with Crippen LogP contribution in [0.1, 0.15) is 13.3 Å². The van der Waals surface area contributed by atoms with E-state index in [0.717, 1.165) is 0 Å². The Morgan fingerprint density at radius 1 is 1.69 bits per heavy atom. The second-order valence-corrected chi connectivity index (χ2v) is 4.30. The van der Waals surface area contributed by atoms with E-state index in [0.29, 0.717) is 24.7 Å². The molecule has 1 fully saturated rings. The molecule has 0 aromatic carbocycles. The van der Waals surface area contributed by atoms with Crippen molar-refractivity contribution in [2.75, 3.05) is 23.7 Å². The van der Waals surface area contributed by atoms with Crippen LogP contribution in [0, 0.1) is 0 Å². The van der Waals surface area contributed by atoms with Gasteiger partial charge in [0.1, 0.15) is 12.0 Å². The van der Waals surface area contributed by atoms with Crippen LogP contribution in [0.5, 0.6) is 0 Å². The van der Waals surface area contributed by atoms with Crippen LogP contribution in [0.15, 0.2) is 12.3 Å². The van der Waals surface area contributed by atoms with Crippen LogP contribution < -0.4 is 10.6 Å². The molecule has 1 aliphatic rings. The highest BCUT2D eigenvalue weighted by Crippen LogP contribution is 2.26. The van der Waals surface area contributed by atoms with Gasteiger partial charge in [-0.3, -0.25) is 0 Å². The van der Waals surface area contributed by atoms with Crippen molar-refractivity contribution in [3.05, 3.63) is 12.3 Å². The summed E-state index contributed by atoms with van der Waals surface area (Å²) in [7, 11) is 0. The molecule has 1 aromatic heterocycles. The average molecular weight is 226 g/mol. The number of alkyl halides is 1. The van der Waals surface area contributed by atoms with Crippen LogP contribution in [0.4, 0.5) is 16.2 Å². The number of piperidine rings is 1. The number of hydrogen-bond donors (Lipinski definition) is 2. The van der Waals surface area contributed by atoms with E-state index in [1.54, 1.807) is 11.0 Å². The topological polar surface area (TPSA) is 75.3 Å². The standard InChI is InChI=1S/C10H15FN4O/c1-10(16)3-5-15(6-7(10)11)9-13-4-2-8(12)14-9/h2,4,7,16H,3,5-6H2,1H3,(H2,12,13,14)/t7-,10+/m1/s1. The van der Waals surface area contributed by atoms with Crippen molar-refractivity contribution in [2.24, 2.45) is 0 Å². The maximum atomic E-state index is 13.6. The Morgan fingerprint density at radius 2 is 2.44 bits per heavy atom. The molecule has 1 aliphatic heterocycles. The van der Waals surface area contributed by atoms with Gasteiger partial charge >= 0.3 is 0 Å². The number of halogens is 1. The molecule has 5 nitrogen and oxygen atoms in total. The summed E-state index contributed by atoms with van der Waals surface area (Å²) in [5.41, 5.74) is 4.28. The number of hydrogen-bond acceptors (Lipinski definition) is 5. The summed E-state index contributed by atoms with van der Waals surface area (Å²) in [6, 6.07) is 1.58. The van der Waals surface area contributed by atoms with E-state index in [-0.39, 0.29) is 6.54 Å². The molecular formula is C10H15FN4O. The first kappa shape index (κ1) is 11.1. The van der Waals surface area contributed by atoms with Crippen LogP contribution in [-0.2, 0) is 0 Å². The average Bonchev–Trinajstić information content (AvgIpc) is 2.22. The van der Waals surface area contributed by atoms with E-state index in [1.807, 2.05) is 0 Å². The van der Waals surface area contributed by atoms with E-state index in [1.165, 1.54) is 13.1 Å². The van der Waals surface area contributed by atoms with Gasteiger partial charge in [-0.05, 0) is 19.4 Å². The minimum Gasteiger partial charge on any atom is -0.387 e. The Hall–Kier alpha value is -1.43. The van der Waals surface area contributed by atoms with Gasteiger partial charge < -0.3 is 15.7 Å². The van der Waals surface area contributed by atoms with E-state index in [2.05, 4.69) is 9.97 Å². The Kier molecular flexibility index (Phi) is 2.67. The molecule has 16 heavy (non-hydrogen) atoms. The number of aliphatic hydroxyl groups is 1. The zero-order chi connectivity index (χ0) is 11.8. The van der Waals surface area contributed by atoms with Gasteiger partial charge in [0.15, 0.2) is 0 Å². The fourth-order valence-electron chi connectivity index (χ4n) is 1.70. The van der Waals surface area contributed by atoms with Gasteiger partial charge in [-0.2, -0.15) is 4.98 Å². The molecular weight excluding hydrogens is 211 g/mol. The molecule has 0 bridgehead atoms. The fraction of sp³-hybridized carbons (Fsp3) is 0.600. The highest BCUT2D eigenvalue weighted by Gasteiger charge is 2.38. The second kappa shape index (κ2) is 3.86. The first-order valence-corrected chi connectivity index (χ1v) is 5.19. The number of nitrogens with two attached hydrogens (primary N) is 1. The maximum absolute atomic E-state index is 13.6. The summed E-state index contributed by atoms with van der Waals surface area (Å²) < 4.78 is 13.6. The highest BCUT2D eigenvalue weighted by atomic mass is 19.1. The number of anilines is 2. The Bertz CT molecular complexity index is 385. The van der Waals surface area contributed by atoms with Crippen LogP contribution in [0.2, 0.25) is 0 Å².